The molecule has 0 aromatic heterocycles. The van der Waals surface area contributed by atoms with Gasteiger partial charge in [-0.1, -0.05) is 19.8 Å². The van der Waals surface area contributed by atoms with Gasteiger partial charge in [0, 0.05) is 25.7 Å². The number of aliphatic hydroxyl groups excluding tert-OH is 1. The van der Waals surface area contributed by atoms with Crippen molar-refractivity contribution in [3.8, 4) is 0 Å². The predicted molar refractivity (Wildman–Crippen MR) is 84.9 cm³/mol. The predicted octanol–water partition coefficient (Wildman–Crippen LogP) is 2.64. The van der Waals surface area contributed by atoms with Gasteiger partial charge in [-0.05, 0) is 63.5 Å². The Morgan fingerprint density at radius 2 is 2.00 bits per heavy atom. The third-order valence-electron chi connectivity index (χ3n) is 5.62. The summed E-state index contributed by atoms with van der Waals surface area (Å²) in [5.74, 6) is 0.920. The van der Waals surface area contributed by atoms with Gasteiger partial charge in [-0.25, -0.2) is 0 Å². The van der Waals surface area contributed by atoms with Crippen LogP contribution in [0.5, 0.6) is 0 Å². The molecule has 3 heteroatoms. The molecule has 1 unspecified atom stereocenters. The Balaban J connectivity index is 1.93. The fourth-order valence-electron chi connectivity index (χ4n) is 4.33. The second-order valence-electron chi connectivity index (χ2n) is 7.35. The van der Waals surface area contributed by atoms with Gasteiger partial charge in [0.15, 0.2) is 0 Å². The highest BCUT2D eigenvalue weighted by atomic mass is 16.2. The van der Waals surface area contributed by atoms with Gasteiger partial charge in [-0.15, -0.1) is 0 Å². The summed E-state index contributed by atoms with van der Waals surface area (Å²) in [5, 5.41) is 12.5. The van der Waals surface area contributed by atoms with Crippen LogP contribution in [0.3, 0.4) is 0 Å². The molecule has 1 heterocycles. The van der Waals surface area contributed by atoms with E-state index < -0.39 is 0 Å². The molecule has 2 N–H and O–H groups in total. The first-order chi connectivity index (χ1) is 9.69. The highest BCUT2D eigenvalue weighted by Gasteiger charge is 2.37. The van der Waals surface area contributed by atoms with Crippen molar-refractivity contribution in [1.82, 2.24) is 10.2 Å². The zero-order valence-corrected chi connectivity index (χ0v) is 13.5. The lowest BCUT2D eigenvalue weighted by Gasteiger charge is -2.43. The van der Waals surface area contributed by atoms with Gasteiger partial charge < -0.3 is 10.4 Å². The van der Waals surface area contributed by atoms with Gasteiger partial charge in [0.2, 0.25) is 0 Å². The van der Waals surface area contributed by atoms with Crippen molar-refractivity contribution in [2.45, 2.75) is 64.3 Å². The van der Waals surface area contributed by atoms with Crippen LogP contribution in [0.25, 0.3) is 0 Å². The molecule has 0 aromatic carbocycles. The smallest absolute Gasteiger partial charge is 0.0431 e. The zero-order valence-electron chi connectivity index (χ0n) is 13.5. The van der Waals surface area contributed by atoms with Crippen molar-refractivity contribution in [2.24, 2.45) is 11.3 Å². The third kappa shape index (κ3) is 4.19. The Labute approximate surface area is 125 Å². The number of nitrogens with one attached hydrogen (secondary N) is 1. The van der Waals surface area contributed by atoms with Crippen molar-refractivity contribution < 1.29 is 5.11 Å². The third-order valence-corrected chi connectivity index (χ3v) is 5.62. The fourth-order valence-corrected chi connectivity index (χ4v) is 4.33. The van der Waals surface area contributed by atoms with E-state index in [1.54, 1.807) is 0 Å². The minimum atomic E-state index is 0.351. The van der Waals surface area contributed by atoms with Gasteiger partial charge in [0.05, 0.1) is 0 Å². The van der Waals surface area contributed by atoms with E-state index in [-0.39, 0.29) is 0 Å². The molecule has 1 aliphatic carbocycles. The van der Waals surface area contributed by atoms with Crippen molar-refractivity contribution in [1.29, 1.82) is 0 Å². The van der Waals surface area contributed by atoms with Crippen molar-refractivity contribution in [3.63, 3.8) is 0 Å². The fraction of sp³-hybridized carbons (Fsp3) is 1.00. The van der Waals surface area contributed by atoms with Crippen LogP contribution < -0.4 is 5.32 Å². The van der Waals surface area contributed by atoms with Gasteiger partial charge in [0.25, 0.3) is 0 Å². The summed E-state index contributed by atoms with van der Waals surface area (Å²) >= 11 is 0. The van der Waals surface area contributed by atoms with E-state index in [9.17, 15) is 0 Å². The van der Waals surface area contributed by atoms with Crippen LogP contribution in [0.1, 0.15) is 58.3 Å². The monoisotopic (exact) mass is 282 g/mol. The number of nitrogens with zero attached hydrogens (tertiary/aromatic N) is 1. The number of hydrogen-bond donors (Lipinski definition) is 2. The molecule has 0 bridgehead atoms. The maximum Gasteiger partial charge on any atom is 0.0431 e. The van der Waals surface area contributed by atoms with Crippen LogP contribution in [0.15, 0.2) is 0 Å². The van der Waals surface area contributed by atoms with E-state index in [4.69, 9.17) is 5.11 Å². The number of aliphatic hydroxyl groups is 1. The molecule has 2 rings (SSSR count). The Morgan fingerprint density at radius 1 is 1.25 bits per heavy atom. The number of hydrogen-bond acceptors (Lipinski definition) is 3. The highest BCUT2D eigenvalue weighted by Crippen LogP contribution is 2.40. The van der Waals surface area contributed by atoms with Crippen molar-refractivity contribution in [3.05, 3.63) is 0 Å². The topological polar surface area (TPSA) is 35.5 Å². The Hall–Kier alpha value is -0.120. The van der Waals surface area contributed by atoms with Crippen LogP contribution in [-0.4, -0.2) is 49.3 Å². The number of rotatable bonds is 7. The Bertz CT molecular complexity index is 274. The Kier molecular flexibility index (Phi) is 6.31. The molecule has 2 aliphatic rings. The molecule has 0 radical (unpaired) electrons. The molecule has 1 aliphatic heterocycles. The summed E-state index contributed by atoms with van der Waals surface area (Å²) in [6.07, 6.45) is 10.4. The van der Waals surface area contributed by atoms with Crippen LogP contribution in [0.2, 0.25) is 0 Å². The first-order valence-electron chi connectivity index (χ1n) is 8.68. The minimum absolute atomic E-state index is 0.351. The maximum absolute atomic E-state index is 9.07. The molecule has 1 atom stereocenters. The van der Waals surface area contributed by atoms with Crippen LogP contribution in [-0.2, 0) is 0 Å². The summed E-state index contributed by atoms with van der Waals surface area (Å²) in [4.78, 5) is 2.74. The molecular formula is C17H34N2O. The Morgan fingerprint density at radius 3 is 2.65 bits per heavy atom. The summed E-state index contributed by atoms with van der Waals surface area (Å²) in [6, 6.07) is 0.732. The van der Waals surface area contributed by atoms with E-state index in [0.717, 1.165) is 18.4 Å². The van der Waals surface area contributed by atoms with E-state index in [2.05, 4.69) is 24.2 Å². The average Bonchev–Trinajstić information content (AvgIpc) is 2.87. The van der Waals surface area contributed by atoms with Gasteiger partial charge >= 0.3 is 0 Å². The standard InChI is InChI=1S/C17H34N2O/c1-15-7-9-17(10-8-15,13-18-2)14-19-11-3-5-16(19)6-4-12-20/h15-16,18,20H,3-14H2,1-2H3. The van der Waals surface area contributed by atoms with Crippen molar-refractivity contribution >= 4 is 0 Å². The van der Waals surface area contributed by atoms with E-state index in [1.165, 1.54) is 64.6 Å². The van der Waals surface area contributed by atoms with Gasteiger partial charge in [0.1, 0.15) is 0 Å². The van der Waals surface area contributed by atoms with Crippen LogP contribution in [0.4, 0.5) is 0 Å². The highest BCUT2D eigenvalue weighted by molar-refractivity contribution is 4.92. The molecule has 1 saturated carbocycles. The average molecular weight is 282 g/mol. The molecule has 3 nitrogen and oxygen atoms in total. The van der Waals surface area contributed by atoms with Crippen LogP contribution >= 0.6 is 0 Å². The zero-order chi connectivity index (χ0) is 14.4. The minimum Gasteiger partial charge on any atom is -0.396 e. The quantitative estimate of drug-likeness (QED) is 0.753. The first-order valence-corrected chi connectivity index (χ1v) is 8.68. The summed E-state index contributed by atoms with van der Waals surface area (Å²) in [6.45, 7) is 6.48. The molecule has 118 valence electrons. The molecule has 2 fully saturated rings. The van der Waals surface area contributed by atoms with Gasteiger partial charge in [-0.3, -0.25) is 4.90 Å². The molecule has 0 aromatic rings. The lowest BCUT2D eigenvalue weighted by molar-refractivity contribution is 0.0779. The largest absolute Gasteiger partial charge is 0.396 e. The van der Waals surface area contributed by atoms with Crippen LogP contribution in [0, 0.1) is 11.3 Å². The first kappa shape index (κ1) is 16.3. The summed E-state index contributed by atoms with van der Waals surface area (Å²) in [7, 11) is 2.10. The van der Waals surface area contributed by atoms with E-state index in [0.29, 0.717) is 12.0 Å². The number of likely N-dealkylation sites (tertiary alicyclic amines) is 1. The normalized spacial score (nSPS) is 35.5. The molecule has 0 spiro atoms. The molecule has 20 heavy (non-hydrogen) atoms. The van der Waals surface area contributed by atoms with Crippen molar-refractivity contribution in [2.75, 3.05) is 33.3 Å². The lowest BCUT2D eigenvalue weighted by atomic mass is 9.70. The second-order valence-corrected chi connectivity index (χ2v) is 7.35. The molecule has 1 saturated heterocycles. The molecular weight excluding hydrogens is 248 g/mol. The SMILES string of the molecule is CNCC1(CN2CCCC2CCCO)CCC(C)CC1. The summed E-state index contributed by atoms with van der Waals surface area (Å²) in [5.41, 5.74) is 0.503. The maximum atomic E-state index is 9.07. The second kappa shape index (κ2) is 7.77. The summed E-state index contributed by atoms with van der Waals surface area (Å²) < 4.78 is 0. The van der Waals surface area contributed by atoms with Gasteiger partial charge in [-0.2, -0.15) is 0 Å². The van der Waals surface area contributed by atoms with E-state index in [1.807, 2.05) is 0 Å². The molecule has 0 amide bonds. The lowest BCUT2D eigenvalue weighted by Crippen LogP contribution is -2.47. The van der Waals surface area contributed by atoms with E-state index >= 15 is 0 Å².